The summed E-state index contributed by atoms with van der Waals surface area (Å²) in [5, 5.41) is 8.39. The standard InChI is InChI=1S/C8H15NO3/c10-5-6-12-7-8(11)9-3-1-2-4-9/h10H,1-7H2. The fourth-order valence-electron chi connectivity index (χ4n) is 1.28. The molecule has 70 valence electrons. The molecule has 1 rings (SSSR count). The second-order valence-corrected chi connectivity index (χ2v) is 2.86. The molecule has 12 heavy (non-hydrogen) atoms. The molecule has 1 saturated heterocycles. The van der Waals surface area contributed by atoms with E-state index in [9.17, 15) is 4.79 Å². The van der Waals surface area contributed by atoms with E-state index in [1.54, 1.807) is 4.90 Å². The molecule has 1 amide bonds. The Labute approximate surface area is 72.1 Å². The highest BCUT2D eigenvalue weighted by molar-refractivity contribution is 5.77. The molecular weight excluding hydrogens is 158 g/mol. The molecule has 1 heterocycles. The van der Waals surface area contributed by atoms with Crippen molar-refractivity contribution in [3.8, 4) is 0 Å². The summed E-state index contributed by atoms with van der Waals surface area (Å²) in [5.74, 6) is 0.0425. The molecule has 0 aromatic heterocycles. The molecular formula is C8H15NO3. The summed E-state index contributed by atoms with van der Waals surface area (Å²) in [7, 11) is 0. The number of carbonyl (C=O) groups excluding carboxylic acids is 1. The average molecular weight is 173 g/mol. The molecule has 1 N–H and O–H groups in total. The first-order valence-corrected chi connectivity index (χ1v) is 4.31. The molecule has 4 nitrogen and oxygen atoms in total. The van der Waals surface area contributed by atoms with Crippen molar-refractivity contribution in [3.05, 3.63) is 0 Å². The van der Waals surface area contributed by atoms with Crippen LogP contribution in [0, 0.1) is 0 Å². The number of amides is 1. The van der Waals surface area contributed by atoms with Gasteiger partial charge in [0.1, 0.15) is 6.61 Å². The van der Waals surface area contributed by atoms with Gasteiger partial charge in [0.05, 0.1) is 13.2 Å². The molecule has 0 saturated carbocycles. The first-order valence-electron chi connectivity index (χ1n) is 4.31. The zero-order chi connectivity index (χ0) is 8.81. The average Bonchev–Trinajstić information content (AvgIpc) is 2.56. The number of likely N-dealkylation sites (tertiary alicyclic amines) is 1. The van der Waals surface area contributed by atoms with Gasteiger partial charge in [0.2, 0.25) is 5.91 Å². The van der Waals surface area contributed by atoms with Gasteiger partial charge in [0.15, 0.2) is 0 Å². The van der Waals surface area contributed by atoms with Gasteiger partial charge in [-0.15, -0.1) is 0 Å². The van der Waals surface area contributed by atoms with Gasteiger partial charge in [-0.25, -0.2) is 0 Å². The van der Waals surface area contributed by atoms with E-state index in [1.807, 2.05) is 0 Å². The van der Waals surface area contributed by atoms with E-state index in [4.69, 9.17) is 9.84 Å². The lowest BCUT2D eigenvalue weighted by atomic mass is 10.4. The van der Waals surface area contributed by atoms with E-state index >= 15 is 0 Å². The molecule has 0 bridgehead atoms. The summed E-state index contributed by atoms with van der Waals surface area (Å²) in [6, 6.07) is 0. The van der Waals surface area contributed by atoms with Crippen molar-refractivity contribution in [2.45, 2.75) is 12.8 Å². The maximum absolute atomic E-state index is 11.2. The molecule has 0 aromatic carbocycles. The number of ether oxygens (including phenoxy) is 1. The summed E-state index contributed by atoms with van der Waals surface area (Å²) in [6.45, 7) is 2.07. The van der Waals surface area contributed by atoms with Crippen molar-refractivity contribution in [2.24, 2.45) is 0 Å². The largest absolute Gasteiger partial charge is 0.394 e. The Morgan fingerprint density at radius 2 is 2.08 bits per heavy atom. The van der Waals surface area contributed by atoms with Gasteiger partial charge in [-0.05, 0) is 12.8 Å². The van der Waals surface area contributed by atoms with E-state index in [1.165, 1.54) is 0 Å². The van der Waals surface area contributed by atoms with Gasteiger partial charge < -0.3 is 14.7 Å². The molecule has 0 spiro atoms. The minimum Gasteiger partial charge on any atom is -0.394 e. The maximum Gasteiger partial charge on any atom is 0.248 e. The van der Waals surface area contributed by atoms with Crippen LogP contribution in [0.25, 0.3) is 0 Å². The minimum absolute atomic E-state index is 0.0206. The Kier molecular flexibility index (Phi) is 4.04. The normalized spacial score (nSPS) is 16.9. The van der Waals surface area contributed by atoms with Crippen LogP contribution in [0.3, 0.4) is 0 Å². The predicted molar refractivity (Wildman–Crippen MR) is 43.7 cm³/mol. The highest BCUT2D eigenvalue weighted by atomic mass is 16.5. The van der Waals surface area contributed by atoms with Crippen LogP contribution in [0.15, 0.2) is 0 Å². The Bertz CT molecular complexity index is 143. The van der Waals surface area contributed by atoms with E-state index < -0.39 is 0 Å². The van der Waals surface area contributed by atoms with Crippen molar-refractivity contribution in [1.29, 1.82) is 0 Å². The smallest absolute Gasteiger partial charge is 0.248 e. The molecule has 0 unspecified atom stereocenters. The number of carbonyl (C=O) groups is 1. The van der Waals surface area contributed by atoms with Crippen LogP contribution in [-0.2, 0) is 9.53 Å². The van der Waals surface area contributed by atoms with Crippen LogP contribution in [-0.4, -0.2) is 48.8 Å². The molecule has 0 aliphatic carbocycles. The molecule has 0 radical (unpaired) electrons. The zero-order valence-corrected chi connectivity index (χ0v) is 7.16. The van der Waals surface area contributed by atoms with Crippen LogP contribution in [0.5, 0.6) is 0 Å². The van der Waals surface area contributed by atoms with E-state index in [-0.39, 0.29) is 25.7 Å². The molecule has 1 fully saturated rings. The van der Waals surface area contributed by atoms with Gasteiger partial charge in [-0.2, -0.15) is 0 Å². The second-order valence-electron chi connectivity index (χ2n) is 2.86. The molecule has 1 aliphatic rings. The highest BCUT2D eigenvalue weighted by Gasteiger charge is 2.17. The van der Waals surface area contributed by atoms with Gasteiger partial charge in [0.25, 0.3) is 0 Å². The van der Waals surface area contributed by atoms with Crippen LogP contribution in [0.1, 0.15) is 12.8 Å². The summed E-state index contributed by atoms with van der Waals surface area (Å²) in [5.41, 5.74) is 0. The van der Waals surface area contributed by atoms with E-state index in [2.05, 4.69) is 0 Å². The topological polar surface area (TPSA) is 49.8 Å². The summed E-state index contributed by atoms with van der Waals surface area (Å²) in [4.78, 5) is 13.0. The van der Waals surface area contributed by atoms with Crippen molar-refractivity contribution in [2.75, 3.05) is 32.9 Å². The lowest BCUT2D eigenvalue weighted by Gasteiger charge is -2.14. The Morgan fingerprint density at radius 3 is 2.67 bits per heavy atom. The van der Waals surface area contributed by atoms with Crippen LogP contribution < -0.4 is 0 Å². The number of hydrogen-bond acceptors (Lipinski definition) is 3. The third-order valence-electron chi connectivity index (χ3n) is 1.92. The first kappa shape index (κ1) is 9.48. The number of rotatable bonds is 4. The zero-order valence-electron chi connectivity index (χ0n) is 7.16. The third-order valence-corrected chi connectivity index (χ3v) is 1.92. The van der Waals surface area contributed by atoms with E-state index in [0.717, 1.165) is 25.9 Å². The van der Waals surface area contributed by atoms with Crippen molar-refractivity contribution in [3.63, 3.8) is 0 Å². The molecule has 4 heteroatoms. The predicted octanol–water partition coefficient (Wildman–Crippen LogP) is -0.382. The maximum atomic E-state index is 11.2. The minimum atomic E-state index is -0.0206. The second kappa shape index (κ2) is 5.11. The number of aliphatic hydroxyl groups excluding tert-OH is 1. The lowest BCUT2D eigenvalue weighted by molar-refractivity contribution is -0.135. The Morgan fingerprint density at radius 1 is 1.42 bits per heavy atom. The van der Waals surface area contributed by atoms with Gasteiger partial charge >= 0.3 is 0 Å². The fourth-order valence-corrected chi connectivity index (χ4v) is 1.28. The van der Waals surface area contributed by atoms with Gasteiger partial charge in [-0.1, -0.05) is 0 Å². The van der Waals surface area contributed by atoms with Crippen molar-refractivity contribution >= 4 is 5.91 Å². The summed E-state index contributed by atoms with van der Waals surface area (Å²) < 4.78 is 4.92. The SMILES string of the molecule is O=C(COCCO)N1CCCC1. The van der Waals surface area contributed by atoms with Crippen LogP contribution in [0.4, 0.5) is 0 Å². The Balaban J connectivity index is 2.10. The fraction of sp³-hybridized carbons (Fsp3) is 0.875. The molecule has 1 aliphatic heterocycles. The van der Waals surface area contributed by atoms with E-state index in [0.29, 0.717) is 0 Å². The number of nitrogens with zero attached hydrogens (tertiary/aromatic N) is 1. The quantitative estimate of drug-likeness (QED) is 0.589. The molecule has 0 atom stereocenters. The number of aliphatic hydroxyl groups is 1. The summed E-state index contributed by atoms with van der Waals surface area (Å²) in [6.07, 6.45) is 2.21. The highest BCUT2D eigenvalue weighted by Crippen LogP contribution is 2.06. The van der Waals surface area contributed by atoms with Crippen molar-refractivity contribution < 1.29 is 14.6 Å². The monoisotopic (exact) mass is 173 g/mol. The third kappa shape index (κ3) is 2.79. The first-order chi connectivity index (χ1) is 5.84. The van der Waals surface area contributed by atoms with Crippen LogP contribution >= 0.6 is 0 Å². The van der Waals surface area contributed by atoms with Crippen LogP contribution in [0.2, 0.25) is 0 Å². The number of hydrogen-bond donors (Lipinski definition) is 1. The lowest BCUT2D eigenvalue weighted by Crippen LogP contribution is -2.31. The summed E-state index contributed by atoms with van der Waals surface area (Å²) >= 11 is 0. The van der Waals surface area contributed by atoms with Crippen molar-refractivity contribution in [1.82, 2.24) is 4.90 Å². The van der Waals surface area contributed by atoms with Gasteiger partial charge in [0, 0.05) is 13.1 Å². The van der Waals surface area contributed by atoms with Gasteiger partial charge in [-0.3, -0.25) is 4.79 Å². The molecule has 0 aromatic rings. The Hall–Kier alpha value is -0.610.